The number of fused-ring (bicyclic) bond motifs is 1. The maximum absolute atomic E-state index is 13.2. The van der Waals surface area contributed by atoms with Crippen LogP contribution in [0.1, 0.15) is 19.3 Å². The van der Waals surface area contributed by atoms with Gasteiger partial charge in [0.2, 0.25) is 5.95 Å². The van der Waals surface area contributed by atoms with Gasteiger partial charge in [0.05, 0.1) is 6.61 Å². The van der Waals surface area contributed by atoms with Gasteiger partial charge in [-0.25, -0.2) is 4.98 Å². The number of nitrogens with one attached hydrogen (secondary N) is 1. The molecule has 5 rings (SSSR count). The monoisotopic (exact) mass is 444 g/mol. The average Bonchev–Trinajstić information content (AvgIpc) is 3.33. The second-order valence-electron chi connectivity index (χ2n) is 7.73. The summed E-state index contributed by atoms with van der Waals surface area (Å²) in [5, 5.41) is 7.82. The molecule has 9 heteroatoms. The standard InChI is InChI=1S/C19H21BrN6O2/c1-25-17(27)14-15(12-2-6-21-13(20)10-12)23-24-16(14)22-18(25)26-7-3-19(4-8-26)5-9-28-11-19/h2,6,10H,3-5,7-9,11H2,1H3,(H,23,24). The van der Waals surface area contributed by atoms with E-state index in [9.17, 15) is 4.79 Å². The molecule has 2 aliphatic rings. The zero-order valence-electron chi connectivity index (χ0n) is 15.6. The molecule has 146 valence electrons. The van der Waals surface area contributed by atoms with Crippen molar-refractivity contribution in [3.8, 4) is 11.3 Å². The van der Waals surface area contributed by atoms with Crippen molar-refractivity contribution in [2.45, 2.75) is 19.3 Å². The first-order valence-corrected chi connectivity index (χ1v) is 10.3. The van der Waals surface area contributed by atoms with E-state index < -0.39 is 0 Å². The van der Waals surface area contributed by atoms with Gasteiger partial charge in [0, 0.05) is 38.5 Å². The van der Waals surface area contributed by atoms with Gasteiger partial charge in [-0.2, -0.15) is 10.1 Å². The first-order chi connectivity index (χ1) is 13.6. The van der Waals surface area contributed by atoms with Crippen molar-refractivity contribution in [1.29, 1.82) is 0 Å². The Morgan fingerprint density at radius 2 is 2.11 bits per heavy atom. The van der Waals surface area contributed by atoms with Gasteiger partial charge >= 0.3 is 0 Å². The molecule has 3 aromatic rings. The minimum atomic E-state index is -0.0961. The van der Waals surface area contributed by atoms with Gasteiger partial charge in [0.15, 0.2) is 5.65 Å². The molecule has 0 saturated carbocycles. The number of aromatic amines is 1. The summed E-state index contributed by atoms with van der Waals surface area (Å²) in [6.07, 6.45) is 4.96. The van der Waals surface area contributed by atoms with Gasteiger partial charge in [0.1, 0.15) is 15.7 Å². The topological polar surface area (TPSA) is 88.9 Å². The highest BCUT2D eigenvalue weighted by Gasteiger charge is 2.38. The number of hydrogen-bond acceptors (Lipinski definition) is 6. The summed E-state index contributed by atoms with van der Waals surface area (Å²) in [7, 11) is 1.78. The van der Waals surface area contributed by atoms with Crippen LogP contribution in [0.15, 0.2) is 27.7 Å². The highest BCUT2D eigenvalue weighted by Crippen LogP contribution is 2.39. The molecule has 0 unspecified atom stereocenters. The fourth-order valence-corrected chi connectivity index (χ4v) is 4.68. The van der Waals surface area contributed by atoms with E-state index in [-0.39, 0.29) is 5.56 Å². The van der Waals surface area contributed by atoms with E-state index in [1.54, 1.807) is 17.8 Å². The van der Waals surface area contributed by atoms with Crippen LogP contribution in [0.5, 0.6) is 0 Å². The zero-order chi connectivity index (χ0) is 19.3. The van der Waals surface area contributed by atoms with Crippen LogP contribution in [-0.2, 0) is 11.8 Å². The van der Waals surface area contributed by atoms with Crippen LogP contribution in [0.25, 0.3) is 22.3 Å². The van der Waals surface area contributed by atoms with Crippen molar-refractivity contribution in [1.82, 2.24) is 24.7 Å². The third-order valence-corrected chi connectivity index (χ3v) is 6.50. The Hall–Kier alpha value is -2.26. The molecule has 28 heavy (non-hydrogen) atoms. The smallest absolute Gasteiger partial charge is 0.266 e. The van der Waals surface area contributed by atoms with E-state index >= 15 is 0 Å². The number of halogens is 1. The van der Waals surface area contributed by atoms with E-state index in [2.05, 4.69) is 36.0 Å². The fourth-order valence-electron chi connectivity index (χ4n) is 4.32. The number of piperidine rings is 1. The van der Waals surface area contributed by atoms with E-state index in [1.165, 1.54) is 0 Å². The van der Waals surface area contributed by atoms with E-state index in [0.29, 0.717) is 32.7 Å². The van der Waals surface area contributed by atoms with Crippen LogP contribution < -0.4 is 10.5 Å². The Morgan fingerprint density at radius 1 is 1.29 bits per heavy atom. The highest BCUT2D eigenvalue weighted by molar-refractivity contribution is 9.10. The minimum absolute atomic E-state index is 0.0961. The van der Waals surface area contributed by atoms with Crippen LogP contribution in [0, 0.1) is 5.41 Å². The Balaban J connectivity index is 1.52. The first-order valence-electron chi connectivity index (χ1n) is 9.46. The predicted molar refractivity (Wildman–Crippen MR) is 109 cm³/mol. The van der Waals surface area contributed by atoms with Gasteiger partial charge in [0.25, 0.3) is 5.56 Å². The maximum atomic E-state index is 13.2. The first kappa shape index (κ1) is 17.8. The molecule has 0 amide bonds. The van der Waals surface area contributed by atoms with Crippen LogP contribution in [0.2, 0.25) is 0 Å². The van der Waals surface area contributed by atoms with E-state index in [1.807, 2.05) is 12.1 Å². The molecule has 8 nitrogen and oxygen atoms in total. The van der Waals surface area contributed by atoms with Crippen molar-refractivity contribution < 1.29 is 4.74 Å². The molecule has 1 spiro atoms. The van der Waals surface area contributed by atoms with Crippen LogP contribution >= 0.6 is 15.9 Å². The summed E-state index contributed by atoms with van der Waals surface area (Å²) in [4.78, 5) is 24.3. The number of H-pyrrole nitrogens is 1. The third-order valence-electron chi connectivity index (χ3n) is 6.07. The zero-order valence-corrected chi connectivity index (χ0v) is 17.2. The number of hydrogen-bond donors (Lipinski definition) is 1. The van der Waals surface area contributed by atoms with Crippen LogP contribution in [0.3, 0.4) is 0 Å². The van der Waals surface area contributed by atoms with Crippen molar-refractivity contribution in [2.75, 3.05) is 31.2 Å². The molecule has 0 atom stereocenters. The molecule has 0 aliphatic carbocycles. The fraction of sp³-hybridized carbons (Fsp3) is 0.474. The Morgan fingerprint density at radius 3 is 2.82 bits per heavy atom. The number of pyridine rings is 1. The van der Waals surface area contributed by atoms with E-state index in [4.69, 9.17) is 9.72 Å². The number of nitrogens with zero attached hydrogens (tertiary/aromatic N) is 5. The molecule has 0 bridgehead atoms. The van der Waals surface area contributed by atoms with Crippen molar-refractivity contribution in [3.63, 3.8) is 0 Å². The van der Waals surface area contributed by atoms with Gasteiger partial charge in [-0.05, 0) is 52.7 Å². The lowest BCUT2D eigenvalue weighted by atomic mass is 9.78. The Labute approximate surface area is 170 Å². The van der Waals surface area contributed by atoms with Gasteiger partial charge in [-0.3, -0.25) is 14.5 Å². The summed E-state index contributed by atoms with van der Waals surface area (Å²) in [6.45, 7) is 3.49. The van der Waals surface area contributed by atoms with Crippen molar-refractivity contribution in [2.24, 2.45) is 12.5 Å². The second kappa shape index (κ2) is 6.66. The molecular formula is C19H21BrN6O2. The molecular weight excluding hydrogens is 424 g/mol. The van der Waals surface area contributed by atoms with Gasteiger partial charge < -0.3 is 9.64 Å². The quantitative estimate of drug-likeness (QED) is 0.610. The van der Waals surface area contributed by atoms with Crippen molar-refractivity contribution >= 4 is 32.9 Å². The van der Waals surface area contributed by atoms with Gasteiger partial charge in [-0.15, -0.1) is 0 Å². The third kappa shape index (κ3) is 2.84. The molecule has 3 aromatic heterocycles. The Kier molecular flexibility index (Phi) is 4.24. The normalized spacial score (nSPS) is 19.0. The summed E-state index contributed by atoms with van der Waals surface area (Å²) in [5.74, 6) is 0.692. The molecule has 2 aliphatic heterocycles. The average molecular weight is 445 g/mol. The number of aromatic nitrogens is 5. The van der Waals surface area contributed by atoms with Gasteiger partial charge in [-0.1, -0.05) is 0 Å². The van der Waals surface area contributed by atoms with Crippen LogP contribution in [-0.4, -0.2) is 51.0 Å². The largest absolute Gasteiger partial charge is 0.381 e. The van der Waals surface area contributed by atoms with Crippen molar-refractivity contribution in [3.05, 3.63) is 33.3 Å². The number of anilines is 1. The molecule has 2 fully saturated rings. The summed E-state index contributed by atoms with van der Waals surface area (Å²) in [6, 6.07) is 3.68. The summed E-state index contributed by atoms with van der Waals surface area (Å²) < 4.78 is 7.96. The minimum Gasteiger partial charge on any atom is -0.381 e. The molecule has 2 saturated heterocycles. The molecule has 0 aromatic carbocycles. The molecule has 5 heterocycles. The Bertz CT molecular complexity index is 1090. The second-order valence-corrected chi connectivity index (χ2v) is 8.54. The predicted octanol–water partition coefficient (Wildman–Crippen LogP) is 2.49. The molecule has 1 N–H and O–H groups in total. The lowest BCUT2D eigenvalue weighted by Gasteiger charge is -2.39. The summed E-state index contributed by atoms with van der Waals surface area (Å²) >= 11 is 3.37. The van der Waals surface area contributed by atoms with E-state index in [0.717, 1.165) is 51.1 Å². The van der Waals surface area contributed by atoms with Crippen LogP contribution in [0.4, 0.5) is 5.95 Å². The molecule has 0 radical (unpaired) electrons. The SMILES string of the molecule is Cn1c(N2CCC3(CCOC3)CC2)nc2[nH]nc(-c3ccnc(Br)c3)c2c1=O. The highest BCUT2D eigenvalue weighted by atomic mass is 79.9. The lowest BCUT2D eigenvalue weighted by molar-refractivity contribution is 0.133. The number of ether oxygens (including phenoxy) is 1. The summed E-state index contributed by atoms with van der Waals surface area (Å²) in [5.41, 5.74) is 2.15. The maximum Gasteiger partial charge on any atom is 0.266 e. The number of rotatable bonds is 2. The lowest BCUT2D eigenvalue weighted by Crippen LogP contribution is -2.43.